The summed E-state index contributed by atoms with van der Waals surface area (Å²) in [7, 11) is 0. The van der Waals surface area contributed by atoms with Gasteiger partial charge >= 0.3 is 0 Å². The van der Waals surface area contributed by atoms with E-state index in [4.69, 9.17) is 5.84 Å². The second-order valence-electron chi connectivity index (χ2n) is 2.91. The summed E-state index contributed by atoms with van der Waals surface area (Å²) < 4.78 is 0. The average Bonchev–Trinajstić information content (AvgIpc) is 2.17. The van der Waals surface area contributed by atoms with Gasteiger partial charge in [0.1, 0.15) is 5.82 Å². The van der Waals surface area contributed by atoms with Crippen LogP contribution in [0.15, 0.2) is 12.3 Å². The van der Waals surface area contributed by atoms with Gasteiger partial charge in [-0.1, -0.05) is 0 Å². The third kappa shape index (κ3) is 1.21. The van der Waals surface area contributed by atoms with Crippen molar-refractivity contribution in [1.29, 1.82) is 0 Å². The number of aromatic nitrogens is 1. The van der Waals surface area contributed by atoms with Crippen LogP contribution in [0.4, 0.5) is 11.5 Å². The van der Waals surface area contributed by atoms with Crippen LogP contribution in [0.25, 0.3) is 0 Å². The molecule has 4 N–H and O–H groups in total. The van der Waals surface area contributed by atoms with Crippen molar-refractivity contribution in [3.8, 4) is 0 Å². The summed E-state index contributed by atoms with van der Waals surface area (Å²) in [5.74, 6) is 6.27. The lowest BCUT2D eigenvalue weighted by molar-refractivity contribution is 0.818. The highest BCUT2D eigenvalue weighted by atomic mass is 15.2. The first-order chi connectivity index (χ1) is 5.90. The van der Waals surface area contributed by atoms with Gasteiger partial charge in [0.2, 0.25) is 0 Å². The summed E-state index contributed by atoms with van der Waals surface area (Å²) in [6.07, 6.45) is 3.99. The Morgan fingerprint density at radius 1 is 1.58 bits per heavy atom. The molecule has 1 aromatic heterocycles. The van der Waals surface area contributed by atoms with Crippen LogP contribution in [-0.2, 0) is 6.42 Å². The number of fused-ring (bicyclic) bond motifs is 1. The molecular weight excluding hydrogens is 152 g/mol. The van der Waals surface area contributed by atoms with E-state index >= 15 is 0 Å². The molecular formula is C8H12N4. The molecule has 12 heavy (non-hydrogen) atoms. The number of hydrazine groups is 1. The van der Waals surface area contributed by atoms with E-state index < -0.39 is 0 Å². The van der Waals surface area contributed by atoms with Crippen molar-refractivity contribution >= 4 is 11.5 Å². The second-order valence-corrected chi connectivity index (χ2v) is 2.91. The molecule has 4 heteroatoms. The number of pyridine rings is 1. The van der Waals surface area contributed by atoms with Gasteiger partial charge in [-0.25, -0.2) is 4.98 Å². The minimum absolute atomic E-state index is 0.873. The summed E-state index contributed by atoms with van der Waals surface area (Å²) in [5, 5.41) is 3.23. The zero-order chi connectivity index (χ0) is 8.39. The first-order valence-corrected chi connectivity index (χ1v) is 4.09. The van der Waals surface area contributed by atoms with Gasteiger partial charge in [0.15, 0.2) is 0 Å². The second kappa shape index (κ2) is 2.98. The van der Waals surface area contributed by atoms with Crippen molar-refractivity contribution in [2.45, 2.75) is 12.8 Å². The van der Waals surface area contributed by atoms with E-state index in [9.17, 15) is 0 Å². The number of nitrogens with one attached hydrogen (secondary N) is 2. The highest BCUT2D eigenvalue weighted by Crippen LogP contribution is 2.21. The van der Waals surface area contributed by atoms with Crippen LogP contribution in [0, 0.1) is 0 Å². The molecule has 2 rings (SSSR count). The summed E-state index contributed by atoms with van der Waals surface area (Å²) >= 11 is 0. The minimum Gasteiger partial charge on any atom is -0.370 e. The first kappa shape index (κ1) is 7.36. The van der Waals surface area contributed by atoms with Crippen LogP contribution in [0.5, 0.6) is 0 Å². The number of nitrogens with zero attached hydrogens (tertiary/aromatic N) is 1. The SMILES string of the molecule is NNc1cnc2c(c1)CCCN2. The molecule has 0 atom stereocenters. The average molecular weight is 164 g/mol. The normalized spacial score (nSPS) is 14.8. The topological polar surface area (TPSA) is 63.0 Å². The quantitative estimate of drug-likeness (QED) is 0.423. The molecule has 0 radical (unpaired) electrons. The number of rotatable bonds is 1. The van der Waals surface area contributed by atoms with Crippen molar-refractivity contribution in [1.82, 2.24) is 4.98 Å². The summed E-state index contributed by atoms with van der Waals surface area (Å²) in [4.78, 5) is 4.24. The van der Waals surface area contributed by atoms with E-state index in [1.165, 1.54) is 12.0 Å². The molecule has 1 aliphatic heterocycles. The third-order valence-corrected chi connectivity index (χ3v) is 2.05. The summed E-state index contributed by atoms with van der Waals surface area (Å²) in [6, 6.07) is 2.04. The number of aryl methyl sites for hydroxylation is 1. The molecule has 0 saturated carbocycles. The fourth-order valence-electron chi connectivity index (χ4n) is 1.42. The summed E-state index contributed by atoms with van der Waals surface area (Å²) in [5.41, 5.74) is 4.71. The van der Waals surface area contributed by atoms with E-state index in [2.05, 4.69) is 15.7 Å². The molecule has 0 aromatic carbocycles. The molecule has 4 nitrogen and oxygen atoms in total. The van der Waals surface area contributed by atoms with E-state index in [0.29, 0.717) is 0 Å². The Balaban J connectivity index is 2.36. The Kier molecular flexibility index (Phi) is 1.83. The van der Waals surface area contributed by atoms with Gasteiger partial charge in [-0.05, 0) is 24.5 Å². The van der Waals surface area contributed by atoms with Gasteiger partial charge in [0.05, 0.1) is 11.9 Å². The predicted molar refractivity (Wildman–Crippen MR) is 48.9 cm³/mol. The number of anilines is 2. The third-order valence-electron chi connectivity index (χ3n) is 2.05. The fraction of sp³-hybridized carbons (Fsp3) is 0.375. The van der Waals surface area contributed by atoms with E-state index in [1.807, 2.05) is 6.07 Å². The number of hydrogen-bond donors (Lipinski definition) is 3. The van der Waals surface area contributed by atoms with Gasteiger partial charge in [-0.15, -0.1) is 0 Å². The van der Waals surface area contributed by atoms with Crippen LogP contribution in [0.3, 0.4) is 0 Å². The molecule has 64 valence electrons. The standard InChI is InChI=1S/C8H12N4/c9-12-7-4-6-2-1-3-10-8(6)11-5-7/h4-5,12H,1-3,9H2,(H,10,11). The summed E-state index contributed by atoms with van der Waals surface area (Å²) in [6.45, 7) is 1.02. The maximum Gasteiger partial charge on any atom is 0.129 e. The highest BCUT2D eigenvalue weighted by molar-refractivity contribution is 5.54. The molecule has 0 amide bonds. The molecule has 1 aromatic rings. The van der Waals surface area contributed by atoms with Crippen LogP contribution >= 0.6 is 0 Å². The Bertz CT molecular complexity index is 284. The Hall–Kier alpha value is -1.29. The van der Waals surface area contributed by atoms with Crippen molar-refractivity contribution < 1.29 is 0 Å². The van der Waals surface area contributed by atoms with Crippen molar-refractivity contribution in [3.63, 3.8) is 0 Å². The maximum atomic E-state index is 5.27. The fourth-order valence-corrected chi connectivity index (χ4v) is 1.42. The molecule has 0 aliphatic carbocycles. The van der Waals surface area contributed by atoms with E-state index in [-0.39, 0.29) is 0 Å². The molecule has 0 bridgehead atoms. The Labute approximate surface area is 71.1 Å². The van der Waals surface area contributed by atoms with Crippen LogP contribution in [0.2, 0.25) is 0 Å². The molecule has 0 unspecified atom stereocenters. The Morgan fingerprint density at radius 2 is 2.50 bits per heavy atom. The van der Waals surface area contributed by atoms with Gasteiger partial charge < -0.3 is 10.7 Å². The Morgan fingerprint density at radius 3 is 3.33 bits per heavy atom. The zero-order valence-corrected chi connectivity index (χ0v) is 6.80. The van der Waals surface area contributed by atoms with E-state index in [1.54, 1.807) is 6.20 Å². The van der Waals surface area contributed by atoms with Crippen molar-refractivity contribution in [3.05, 3.63) is 17.8 Å². The number of hydrogen-bond acceptors (Lipinski definition) is 4. The smallest absolute Gasteiger partial charge is 0.129 e. The van der Waals surface area contributed by atoms with E-state index in [0.717, 1.165) is 24.5 Å². The first-order valence-electron chi connectivity index (χ1n) is 4.09. The molecule has 0 saturated heterocycles. The van der Waals surface area contributed by atoms with Gasteiger partial charge in [0.25, 0.3) is 0 Å². The van der Waals surface area contributed by atoms with Crippen LogP contribution in [0.1, 0.15) is 12.0 Å². The lowest BCUT2D eigenvalue weighted by atomic mass is 10.1. The molecule has 2 heterocycles. The monoisotopic (exact) mass is 164 g/mol. The minimum atomic E-state index is 0.873. The largest absolute Gasteiger partial charge is 0.370 e. The van der Waals surface area contributed by atoms with Gasteiger partial charge in [-0.2, -0.15) is 0 Å². The van der Waals surface area contributed by atoms with Crippen LogP contribution < -0.4 is 16.6 Å². The predicted octanol–water partition coefficient (Wildman–Crippen LogP) is 0.725. The highest BCUT2D eigenvalue weighted by Gasteiger charge is 2.09. The van der Waals surface area contributed by atoms with Crippen molar-refractivity contribution in [2.24, 2.45) is 5.84 Å². The number of nitrogens with two attached hydrogens (primary N) is 1. The van der Waals surface area contributed by atoms with Crippen molar-refractivity contribution in [2.75, 3.05) is 17.3 Å². The van der Waals surface area contributed by atoms with Crippen LogP contribution in [-0.4, -0.2) is 11.5 Å². The molecule has 0 spiro atoms. The molecule has 1 aliphatic rings. The molecule has 0 fully saturated rings. The van der Waals surface area contributed by atoms with Gasteiger partial charge in [-0.3, -0.25) is 5.84 Å². The number of nitrogen functional groups attached to an aromatic ring is 1. The lowest BCUT2D eigenvalue weighted by Gasteiger charge is -2.16. The lowest BCUT2D eigenvalue weighted by Crippen LogP contribution is -2.14. The van der Waals surface area contributed by atoms with Gasteiger partial charge in [0, 0.05) is 6.54 Å². The maximum absolute atomic E-state index is 5.27. The zero-order valence-electron chi connectivity index (χ0n) is 6.80.